The maximum Gasteiger partial charge on any atom is 0.282 e. The summed E-state index contributed by atoms with van der Waals surface area (Å²) in [4.78, 5) is 30.5. The Morgan fingerprint density at radius 1 is 1.13 bits per heavy atom. The molecule has 162 valence electrons. The van der Waals surface area contributed by atoms with Crippen molar-refractivity contribution in [3.05, 3.63) is 64.3 Å². The normalized spacial score (nSPS) is 19.4. The third kappa shape index (κ3) is 3.93. The Morgan fingerprint density at radius 2 is 1.87 bits per heavy atom. The fraction of sp³-hybridized carbons (Fsp3) is 0.333. The number of hydrogen-bond donors (Lipinski definition) is 1. The van der Waals surface area contributed by atoms with Crippen LogP contribution in [-0.2, 0) is 9.59 Å². The summed E-state index contributed by atoms with van der Waals surface area (Å²) in [5.41, 5.74) is 2.70. The van der Waals surface area contributed by atoms with Crippen LogP contribution in [0.5, 0.6) is 5.75 Å². The van der Waals surface area contributed by atoms with Gasteiger partial charge in [-0.15, -0.1) is 0 Å². The molecule has 1 fully saturated rings. The van der Waals surface area contributed by atoms with E-state index in [4.69, 9.17) is 16.3 Å². The van der Waals surface area contributed by atoms with Crippen molar-refractivity contribution in [3.8, 4) is 5.75 Å². The minimum Gasteiger partial charge on any atom is -0.495 e. The second-order valence-electron chi connectivity index (χ2n) is 7.99. The first-order valence-electron chi connectivity index (χ1n) is 10.3. The van der Waals surface area contributed by atoms with Crippen molar-refractivity contribution < 1.29 is 19.4 Å². The van der Waals surface area contributed by atoms with Crippen molar-refractivity contribution in [2.45, 2.75) is 19.8 Å². The van der Waals surface area contributed by atoms with Gasteiger partial charge in [0.05, 0.1) is 18.4 Å². The summed E-state index contributed by atoms with van der Waals surface area (Å²) in [5, 5.41) is 10.2. The molecule has 7 heteroatoms. The molecule has 0 aromatic heterocycles. The third-order valence-electron chi connectivity index (χ3n) is 5.86. The summed E-state index contributed by atoms with van der Waals surface area (Å²) >= 11 is 6.05. The van der Waals surface area contributed by atoms with Crippen LogP contribution >= 0.6 is 11.6 Å². The smallest absolute Gasteiger partial charge is 0.282 e. The van der Waals surface area contributed by atoms with Crippen LogP contribution in [0.1, 0.15) is 24.0 Å². The standard InChI is InChI=1S/C24H25ClN2O4/c1-15-5-10-20(31-2)19(12-15)27-23(29)21(17-6-8-18(25)9-7-17)22(24(27)30)26-11-3-4-16(13-26)14-28/h5-10,12,16,28H,3-4,11,13-14H2,1-2H3. The number of nitrogens with zero attached hydrogens (tertiary/aromatic N) is 2. The lowest BCUT2D eigenvalue weighted by Crippen LogP contribution is -2.40. The van der Waals surface area contributed by atoms with Gasteiger partial charge in [-0.2, -0.15) is 0 Å². The van der Waals surface area contributed by atoms with Crippen molar-refractivity contribution in [2.75, 3.05) is 31.7 Å². The summed E-state index contributed by atoms with van der Waals surface area (Å²) in [6.45, 7) is 3.14. The average molecular weight is 441 g/mol. The maximum absolute atomic E-state index is 13.7. The van der Waals surface area contributed by atoms with Gasteiger partial charge in [-0.05, 0) is 61.1 Å². The second-order valence-corrected chi connectivity index (χ2v) is 8.42. The molecule has 2 heterocycles. The summed E-state index contributed by atoms with van der Waals surface area (Å²) < 4.78 is 5.45. The van der Waals surface area contributed by atoms with E-state index in [-0.39, 0.29) is 18.4 Å². The second kappa shape index (κ2) is 8.73. The van der Waals surface area contributed by atoms with E-state index in [2.05, 4.69) is 0 Å². The zero-order valence-electron chi connectivity index (χ0n) is 17.6. The van der Waals surface area contributed by atoms with Crippen LogP contribution in [-0.4, -0.2) is 48.6 Å². The fourth-order valence-electron chi connectivity index (χ4n) is 4.30. The van der Waals surface area contributed by atoms with Gasteiger partial charge in [-0.1, -0.05) is 29.8 Å². The van der Waals surface area contributed by atoms with Crippen LogP contribution in [0.3, 0.4) is 0 Å². The van der Waals surface area contributed by atoms with E-state index < -0.39 is 5.91 Å². The van der Waals surface area contributed by atoms with Crippen LogP contribution in [0.15, 0.2) is 48.2 Å². The highest BCUT2D eigenvalue weighted by Gasteiger charge is 2.44. The number of piperidine rings is 1. The maximum atomic E-state index is 13.7. The van der Waals surface area contributed by atoms with E-state index in [1.54, 1.807) is 36.4 Å². The number of carbonyl (C=O) groups is 2. The number of likely N-dealkylation sites (tertiary alicyclic amines) is 1. The first kappa shape index (κ1) is 21.4. The number of amides is 2. The zero-order valence-corrected chi connectivity index (χ0v) is 18.4. The molecule has 2 aliphatic heterocycles. The van der Waals surface area contributed by atoms with Crippen molar-refractivity contribution in [3.63, 3.8) is 0 Å². The van der Waals surface area contributed by atoms with Gasteiger partial charge in [0.15, 0.2) is 0 Å². The highest BCUT2D eigenvalue weighted by Crippen LogP contribution is 2.40. The molecule has 1 unspecified atom stereocenters. The molecular formula is C24H25ClN2O4. The molecule has 6 nitrogen and oxygen atoms in total. The summed E-state index contributed by atoms with van der Waals surface area (Å²) in [7, 11) is 1.52. The molecule has 2 amide bonds. The quantitative estimate of drug-likeness (QED) is 0.719. The van der Waals surface area contributed by atoms with E-state index in [1.807, 2.05) is 17.9 Å². The van der Waals surface area contributed by atoms with Gasteiger partial charge >= 0.3 is 0 Å². The lowest BCUT2D eigenvalue weighted by Gasteiger charge is -2.34. The molecule has 0 bridgehead atoms. The number of ether oxygens (including phenoxy) is 1. The van der Waals surface area contributed by atoms with Gasteiger partial charge in [-0.3, -0.25) is 9.59 Å². The number of aliphatic hydroxyl groups is 1. The monoisotopic (exact) mass is 440 g/mol. The van der Waals surface area contributed by atoms with Crippen molar-refractivity contribution in [2.24, 2.45) is 5.92 Å². The molecule has 0 saturated carbocycles. The Morgan fingerprint density at radius 3 is 2.55 bits per heavy atom. The first-order chi connectivity index (χ1) is 14.9. The lowest BCUT2D eigenvalue weighted by molar-refractivity contribution is -0.120. The number of carbonyl (C=O) groups excluding carboxylic acids is 2. The molecule has 2 aromatic carbocycles. The van der Waals surface area contributed by atoms with Gasteiger partial charge in [0, 0.05) is 24.7 Å². The topological polar surface area (TPSA) is 70.1 Å². The third-order valence-corrected chi connectivity index (χ3v) is 6.11. The molecule has 2 aromatic rings. The molecule has 2 aliphatic rings. The number of rotatable bonds is 5. The predicted molar refractivity (Wildman–Crippen MR) is 120 cm³/mol. The molecular weight excluding hydrogens is 416 g/mol. The highest BCUT2D eigenvalue weighted by atomic mass is 35.5. The average Bonchev–Trinajstić information content (AvgIpc) is 3.04. The van der Waals surface area contributed by atoms with Crippen molar-refractivity contribution in [1.82, 2.24) is 4.90 Å². The number of anilines is 1. The van der Waals surface area contributed by atoms with Gasteiger partial charge in [-0.25, -0.2) is 4.90 Å². The van der Waals surface area contributed by atoms with E-state index in [0.29, 0.717) is 46.4 Å². The molecule has 1 atom stereocenters. The van der Waals surface area contributed by atoms with Gasteiger partial charge in [0.1, 0.15) is 11.4 Å². The minimum atomic E-state index is -0.391. The van der Waals surface area contributed by atoms with Crippen molar-refractivity contribution in [1.29, 1.82) is 0 Å². The predicted octanol–water partition coefficient (Wildman–Crippen LogP) is 3.65. The van der Waals surface area contributed by atoms with E-state index in [9.17, 15) is 14.7 Å². The molecule has 1 saturated heterocycles. The van der Waals surface area contributed by atoms with Crippen LogP contribution in [0, 0.1) is 12.8 Å². The Kier molecular flexibility index (Phi) is 6.03. The SMILES string of the molecule is COc1ccc(C)cc1N1C(=O)C(c2ccc(Cl)cc2)=C(N2CCCC(CO)C2)C1=O. The molecule has 4 rings (SSSR count). The zero-order chi connectivity index (χ0) is 22.1. The summed E-state index contributed by atoms with van der Waals surface area (Å²) in [6.07, 6.45) is 1.74. The Hall–Kier alpha value is -2.83. The van der Waals surface area contributed by atoms with E-state index in [1.165, 1.54) is 12.0 Å². The number of imide groups is 1. The Bertz CT molecular complexity index is 1050. The number of hydrogen-bond acceptors (Lipinski definition) is 5. The van der Waals surface area contributed by atoms with E-state index >= 15 is 0 Å². The minimum absolute atomic E-state index is 0.0532. The van der Waals surface area contributed by atoms with E-state index in [0.717, 1.165) is 18.4 Å². The fourth-order valence-corrected chi connectivity index (χ4v) is 4.43. The van der Waals surface area contributed by atoms with Crippen LogP contribution in [0.4, 0.5) is 5.69 Å². The van der Waals surface area contributed by atoms with Crippen LogP contribution in [0.25, 0.3) is 5.57 Å². The largest absolute Gasteiger partial charge is 0.495 e. The number of halogens is 1. The van der Waals surface area contributed by atoms with Crippen molar-refractivity contribution >= 4 is 34.7 Å². The summed E-state index contributed by atoms with van der Waals surface area (Å²) in [5.74, 6) is -0.246. The van der Waals surface area contributed by atoms with Gasteiger partial charge in [0.25, 0.3) is 11.8 Å². The van der Waals surface area contributed by atoms with Crippen LogP contribution < -0.4 is 9.64 Å². The number of aliphatic hydroxyl groups excluding tert-OH is 1. The number of benzene rings is 2. The molecule has 1 N–H and O–H groups in total. The van der Waals surface area contributed by atoms with Crippen LogP contribution in [0.2, 0.25) is 5.02 Å². The lowest BCUT2D eigenvalue weighted by atomic mass is 9.97. The first-order valence-corrected chi connectivity index (χ1v) is 10.7. The highest BCUT2D eigenvalue weighted by molar-refractivity contribution is 6.45. The Labute approximate surface area is 186 Å². The van der Waals surface area contributed by atoms with Gasteiger partial charge in [0.2, 0.25) is 0 Å². The molecule has 0 radical (unpaired) electrons. The summed E-state index contributed by atoms with van der Waals surface area (Å²) in [6, 6.07) is 12.3. The molecule has 0 spiro atoms. The molecule has 0 aliphatic carbocycles. The van der Waals surface area contributed by atoms with Gasteiger partial charge < -0.3 is 14.7 Å². The number of aryl methyl sites for hydroxylation is 1. The Balaban J connectivity index is 1.85. The number of methoxy groups -OCH3 is 1. The molecule has 31 heavy (non-hydrogen) atoms.